The van der Waals surface area contributed by atoms with E-state index in [1.165, 1.54) is 6.92 Å². The maximum atomic E-state index is 13.0. The van der Waals surface area contributed by atoms with Crippen molar-refractivity contribution in [2.24, 2.45) is 4.99 Å². The Labute approximate surface area is 69.5 Å². The molecule has 1 rings (SSSR count). The number of nitrogens with one attached hydrogen (secondary N) is 1. The van der Waals surface area contributed by atoms with Gasteiger partial charge in [0.1, 0.15) is 0 Å². The minimum atomic E-state index is -2.87. The van der Waals surface area contributed by atoms with Crippen molar-refractivity contribution in [3.05, 3.63) is 11.3 Å². The molecule has 66 valence electrons. The molecule has 0 aromatic rings. The van der Waals surface area contributed by atoms with Crippen LogP contribution in [0.5, 0.6) is 0 Å². The molecular weight excluding hydrogens is 162 g/mol. The highest BCUT2D eigenvalue weighted by Crippen LogP contribution is 2.40. The van der Waals surface area contributed by atoms with E-state index in [1.807, 2.05) is 0 Å². The van der Waals surface area contributed by atoms with Crippen molar-refractivity contribution in [2.75, 3.05) is 0 Å². The van der Waals surface area contributed by atoms with Crippen LogP contribution in [0.1, 0.15) is 19.8 Å². The average molecular weight is 172 g/mol. The molecule has 0 amide bonds. The highest BCUT2D eigenvalue weighted by Gasteiger charge is 2.42. The Morgan fingerprint density at radius 3 is 2.58 bits per heavy atom. The molecule has 0 atom stereocenters. The van der Waals surface area contributed by atoms with Gasteiger partial charge in [-0.25, -0.2) is 8.78 Å². The van der Waals surface area contributed by atoms with Gasteiger partial charge in [0, 0.05) is 12.1 Å². The van der Waals surface area contributed by atoms with Crippen molar-refractivity contribution >= 4 is 12.4 Å². The summed E-state index contributed by atoms with van der Waals surface area (Å²) in [6.45, 7) is 4.55. The number of aliphatic imine (C=N–C) groups is 1. The zero-order valence-electron chi connectivity index (χ0n) is 6.82. The van der Waals surface area contributed by atoms with Crippen LogP contribution in [0.15, 0.2) is 16.3 Å². The van der Waals surface area contributed by atoms with Crippen LogP contribution in [0, 0.1) is 5.41 Å². The van der Waals surface area contributed by atoms with Gasteiger partial charge in [0.05, 0.1) is 11.3 Å². The van der Waals surface area contributed by atoms with E-state index in [1.54, 1.807) is 0 Å². The van der Waals surface area contributed by atoms with E-state index in [-0.39, 0.29) is 29.8 Å². The van der Waals surface area contributed by atoms with Crippen LogP contribution in [-0.4, -0.2) is 18.4 Å². The summed E-state index contributed by atoms with van der Waals surface area (Å²) in [6, 6.07) is 0. The monoisotopic (exact) mass is 172 g/mol. The SMILES string of the molecule is C=NC1=C(C(C)=N)C(F)(F)CC1. The van der Waals surface area contributed by atoms with Crippen LogP contribution < -0.4 is 0 Å². The summed E-state index contributed by atoms with van der Waals surface area (Å²) in [4.78, 5) is 3.49. The Balaban J connectivity index is 3.14. The summed E-state index contributed by atoms with van der Waals surface area (Å²) in [5, 5.41) is 7.16. The van der Waals surface area contributed by atoms with E-state index >= 15 is 0 Å². The molecule has 1 N–H and O–H groups in total. The topological polar surface area (TPSA) is 36.2 Å². The van der Waals surface area contributed by atoms with Gasteiger partial charge in [0.15, 0.2) is 0 Å². The fraction of sp³-hybridized carbons (Fsp3) is 0.500. The summed E-state index contributed by atoms with van der Waals surface area (Å²) in [5.74, 6) is -2.87. The molecule has 2 nitrogen and oxygen atoms in total. The van der Waals surface area contributed by atoms with Gasteiger partial charge in [-0.15, -0.1) is 0 Å². The highest BCUT2D eigenvalue weighted by atomic mass is 19.3. The zero-order chi connectivity index (χ0) is 9.35. The van der Waals surface area contributed by atoms with Crippen LogP contribution in [0.2, 0.25) is 0 Å². The van der Waals surface area contributed by atoms with Gasteiger partial charge in [-0.05, 0) is 20.1 Å². The first kappa shape index (κ1) is 9.03. The van der Waals surface area contributed by atoms with Gasteiger partial charge in [-0.3, -0.25) is 4.99 Å². The van der Waals surface area contributed by atoms with Crippen LogP contribution in [0.4, 0.5) is 8.78 Å². The average Bonchev–Trinajstić information content (AvgIpc) is 2.24. The first-order valence-electron chi connectivity index (χ1n) is 3.62. The van der Waals surface area contributed by atoms with Crippen molar-refractivity contribution in [3.8, 4) is 0 Å². The van der Waals surface area contributed by atoms with E-state index in [0.717, 1.165) is 0 Å². The Bertz CT molecular complexity index is 266. The summed E-state index contributed by atoms with van der Waals surface area (Å²) in [7, 11) is 0. The first-order valence-corrected chi connectivity index (χ1v) is 3.62. The summed E-state index contributed by atoms with van der Waals surface area (Å²) in [5.41, 5.74) is -0.0788. The third kappa shape index (κ3) is 1.29. The van der Waals surface area contributed by atoms with Crippen LogP contribution in [0.25, 0.3) is 0 Å². The van der Waals surface area contributed by atoms with Gasteiger partial charge in [0.2, 0.25) is 0 Å². The second-order valence-corrected chi connectivity index (χ2v) is 2.81. The zero-order valence-corrected chi connectivity index (χ0v) is 6.82. The smallest absolute Gasteiger partial charge is 0.277 e. The van der Waals surface area contributed by atoms with Gasteiger partial charge < -0.3 is 5.41 Å². The molecule has 0 fully saturated rings. The lowest BCUT2D eigenvalue weighted by molar-refractivity contribution is 0.0489. The van der Waals surface area contributed by atoms with Crippen LogP contribution in [-0.2, 0) is 0 Å². The molecule has 0 aliphatic heterocycles. The lowest BCUT2D eigenvalue weighted by atomic mass is 10.1. The normalized spacial score (nSPS) is 21.2. The van der Waals surface area contributed by atoms with Crippen molar-refractivity contribution in [1.82, 2.24) is 0 Å². The molecule has 0 aromatic carbocycles. The molecule has 1 aliphatic rings. The quantitative estimate of drug-likeness (QED) is 0.621. The number of alkyl halides is 2. The van der Waals surface area contributed by atoms with Crippen molar-refractivity contribution < 1.29 is 8.78 Å². The Morgan fingerprint density at radius 1 is 1.67 bits per heavy atom. The largest absolute Gasteiger partial charge is 0.305 e. The molecule has 0 bridgehead atoms. The molecule has 0 spiro atoms. The van der Waals surface area contributed by atoms with E-state index in [0.29, 0.717) is 0 Å². The summed E-state index contributed by atoms with van der Waals surface area (Å²) >= 11 is 0. The minimum Gasteiger partial charge on any atom is -0.305 e. The first-order chi connectivity index (χ1) is 5.49. The second-order valence-electron chi connectivity index (χ2n) is 2.81. The van der Waals surface area contributed by atoms with Crippen LogP contribution in [0.3, 0.4) is 0 Å². The molecule has 0 heterocycles. The number of hydrogen-bond donors (Lipinski definition) is 1. The lowest BCUT2D eigenvalue weighted by Gasteiger charge is -2.11. The molecule has 0 radical (unpaired) electrons. The molecule has 0 saturated carbocycles. The number of hydrogen-bond acceptors (Lipinski definition) is 2. The van der Waals surface area contributed by atoms with E-state index in [2.05, 4.69) is 11.7 Å². The molecule has 1 aliphatic carbocycles. The Morgan fingerprint density at radius 2 is 2.25 bits per heavy atom. The van der Waals surface area contributed by atoms with Crippen molar-refractivity contribution in [1.29, 1.82) is 5.41 Å². The minimum absolute atomic E-state index is 0.111. The van der Waals surface area contributed by atoms with Crippen molar-refractivity contribution in [3.63, 3.8) is 0 Å². The molecule has 0 unspecified atom stereocenters. The third-order valence-corrected chi connectivity index (χ3v) is 1.90. The fourth-order valence-corrected chi connectivity index (χ4v) is 1.39. The second kappa shape index (κ2) is 2.77. The van der Waals surface area contributed by atoms with Gasteiger partial charge in [0.25, 0.3) is 5.92 Å². The van der Waals surface area contributed by atoms with E-state index in [4.69, 9.17) is 5.41 Å². The Kier molecular flexibility index (Phi) is 2.08. The molecule has 0 saturated heterocycles. The molecule has 12 heavy (non-hydrogen) atoms. The van der Waals surface area contributed by atoms with E-state index in [9.17, 15) is 8.78 Å². The maximum absolute atomic E-state index is 13.0. The standard InChI is InChI=1S/C8H10F2N2/c1-5(11)7-6(12-2)3-4-8(7,9)10/h11H,2-4H2,1H3. The Hall–Kier alpha value is -1.06. The third-order valence-electron chi connectivity index (χ3n) is 1.90. The van der Waals surface area contributed by atoms with Crippen molar-refractivity contribution in [2.45, 2.75) is 25.7 Å². The highest BCUT2D eigenvalue weighted by molar-refractivity contribution is 5.98. The van der Waals surface area contributed by atoms with E-state index < -0.39 is 5.92 Å². The summed E-state index contributed by atoms with van der Waals surface area (Å²) < 4.78 is 26.0. The predicted molar refractivity (Wildman–Crippen MR) is 44.2 cm³/mol. The fourth-order valence-electron chi connectivity index (χ4n) is 1.39. The summed E-state index contributed by atoms with van der Waals surface area (Å²) in [6.07, 6.45) is -0.0189. The van der Waals surface area contributed by atoms with Gasteiger partial charge in [-0.2, -0.15) is 0 Å². The lowest BCUT2D eigenvalue weighted by Crippen LogP contribution is -2.19. The number of halogens is 2. The molecular formula is C8H10F2N2. The van der Waals surface area contributed by atoms with Crippen LogP contribution >= 0.6 is 0 Å². The van der Waals surface area contributed by atoms with Gasteiger partial charge in [-0.1, -0.05) is 0 Å². The maximum Gasteiger partial charge on any atom is 0.277 e. The number of allylic oxidation sites excluding steroid dienone is 2. The number of rotatable bonds is 2. The molecule has 0 aromatic heterocycles. The molecule has 4 heteroatoms. The number of nitrogens with zero attached hydrogens (tertiary/aromatic N) is 1. The predicted octanol–water partition coefficient (Wildman–Crippen LogP) is 2.41. The van der Waals surface area contributed by atoms with Gasteiger partial charge >= 0.3 is 0 Å².